The van der Waals surface area contributed by atoms with Gasteiger partial charge in [-0.1, -0.05) is 0 Å². The molecule has 1 aliphatic heterocycles. The molecule has 0 bridgehead atoms. The molecule has 0 spiro atoms. The second-order valence-corrected chi connectivity index (χ2v) is 4.48. The summed E-state index contributed by atoms with van der Waals surface area (Å²) in [6.45, 7) is 5.52. The van der Waals surface area contributed by atoms with Crippen LogP contribution in [0.5, 0.6) is 6.01 Å². The Balaban J connectivity index is 1.95. The number of anilines is 2. The van der Waals surface area contributed by atoms with E-state index < -0.39 is 0 Å². The van der Waals surface area contributed by atoms with Gasteiger partial charge in [0.2, 0.25) is 11.9 Å². The minimum atomic E-state index is 0.107. The van der Waals surface area contributed by atoms with Crippen LogP contribution in [-0.4, -0.2) is 65.9 Å². The summed E-state index contributed by atoms with van der Waals surface area (Å²) < 4.78 is 10.9. The van der Waals surface area contributed by atoms with E-state index in [-0.39, 0.29) is 18.1 Å². The number of hydrogen-bond acceptors (Lipinski definition) is 9. The quantitative estimate of drug-likeness (QED) is 0.461. The van der Waals surface area contributed by atoms with Gasteiger partial charge >= 0.3 is 6.01 Å². The van der Waals surface area contributed by atoms with E-state index in [1.807, 2.05) is 6.92 Å². The van der Waals surface area contributed by atoms with E-state index in [1.165, 1.54) is 0 Å². The number of ether oxygens (including phenoxy) is 2. The van der Waals surface area contributed by atoms with Gasteiger partial charge in [0.05, 0.1) is 19.3 Å². The fourth-order valence-corrected chi connectivity index (χ4v) is 1.89. The van der Waals surface area contributed by atoms with Crippen molar-refractivity contribution in [1.82, 2.24) is 19.9 Å². The molecule has 9 heteroatoms. The third kappa shape index (κ3) is 4.15. The zero-order chi connectivity index (χ0) is 14.4. The summed E-state index contributed by atoms with van der Waals surface area (Å²) in [6, 6.07) is 0.236. The van der Waals surface area contributed by atoms with Crippen molar-refractivity contribution < 1.29 is 9.47 Å². The van der Waals surface area contributed by atoms with Gasteiger partial charge < -0.3 is 19.7 Å². The minimum absolute atomic E-state index is 0.107. The normalized spacial score (nSPS) is 19.6. The highest BCUT2D eigenvalue weighted by atomic mass is 16.5. The largest absolute Gasteiger partial charge is 0.464 e. The summed E-state index contributed by atoms with van der Waals surface area (Å²) in [4.78, 5) is 14.5. The zero-order valence-electron chi connectivity index (χ0n) is 11.8. The molecule has 9 nitrogen and oxygen atoms in total. The first-order valence-corrected chi connectivity index (χ1v) is 6.60. The van der Waals surface area contributed by atoms with Gasteiger partial charge in [0.1, 0.15) is 0 Å². The van der Waals surface area contributed by atoms with Crippen molar-refractivity contribution >= 4 is 11.9 Å². The minimum Gasteiger partial charge on any atom is -0.464 e. The highest BCUT2D eigenvalue weighted by molar-refractivity contribution is 5.35. The van der Waals surface area contributed by atoms with Crippen LogP contribution in [0.3, 0.4) is 0 Å². The molecule has 112 valence electrons. The Hall–Kier alpha value is -1.71. The highest BCUT2D eigenvalue weighted by Crippen LogP contribution is 2.11. The van der Waals surface area contributed by atoms with Crippen molar-refractivity contribution in [3.8, 4) is 6.01 Å². The van der Waals surface area contributed by atoms with Gasteiger partial charge in [0.15, 0.2) is 0 Å². The number of morpholine rings is 1. The molecule has 1 unspecified atom stereocenters. The number of nitrogens with two attached hydrogens (primary N) is 1. The van der Waals surface area contributed by atoms with Gasteiger partial charge in [-0.25, -0.2) is 5.84 Å². The van der Waals surface area contributed by atoms with Gasteiger partial charge in [-0.15, -0.1) is 0 Å². The van der Waals surface area contributed by atoms with Crippen LogP contribution < -0.4 is 21.3 Å². The van der Waals surface area contributed by atoms with E-state index in [2.05, 4.69) is 37.6 Å². The fourth-order valence-electron chi connectivity index (χ4n) is 1.89. The van der Waals surface area contributed by atoms with Crippen molar-refractivity contribution in [1.29, 1.82) is 0 Å². The predicted octanol–water partition coefficient (Wildman–Crippen LogP) is -0.702. The summed E-state index contributed by atoms with van der Waals surface area (Å²) in [7, 11) is 2.07. The van der Waals surface area contributed by atoms with E-state index in [0.717, 1.165) is 19.7 Å². The lowest BCUT2D eigenvalue weighted by Crippen LogP contribution is -2.43. The monoisotopic (exact) mass is 283 g/mol. The lowest BCUT2D eigenvalue weighted by Gasteiger charge is -2.30. The first-order valence-electron chi connectivity index (χ1n) is 6.60. The first-order chi connectivity index (χ1) is 9.71. The third-order valence-corrected chi connectivity index (χ3v) is 2.85. The summed E-state index contributed by atoms with van der Waals surface area (Å²) in [5, 5.41) is 3.12. The topological polar surface area (TPSA) is 110 Å². The van der Waals surface area contributed by atoms with Crippen LogP contribution in [0.2, 0.25) is 0 Å². The predicted molar refractivity (Wildman–Crippen MR) is 74.5 cm³/mol. The number of likely N-dealkylation sites (N-methyl/N-ethyl adjacent to an activating group) is 1. The molecule has 1 saturated heterocycles. The molecule has 1 aromatic rings. The van der Waals surface area contributed by atoms with Crippen molar-refractivity contribution in [2.45, 2.75) is 13.0 Å². The van der Waals surface area contributed by atoms with Crippen LogP contribution in [0.1, 0.15) is 6.92 Å². The second kappa shape index (κ2) is 7.17. The Morgan fingerprint density at radius 3 is 2.90 bits per heavy atom. The van der Waals surface area contributed by atoms with E-state index in [4.69, 9.17) is 15.3 Å². The molecule has 1 atom stereocenters. The fraction of sp³-hybridized carbons (Fsp3) is 0.727. The van der Waals surface area contributed by atoms with E-state index >= 15 is 0 Å². The Kier molecular flexibility index (Phi) is 5.27. The molecule has 0 aromatic carbocycles. The molecule has 4 N–H and O–H groups in total. The van der Waals surface area contributed by atoms with Crippen LogP contribution in [0.15, 0.2) is 0 Å². The summed E-state index contributed by atoms with van der Waals surface area (Å²) in [5.41, 5.74) is 2.39. The van der Waals surface area contributed by atoms with E-state index in [9.17, 15) is 0 Å². The number of nitrogens with zero attached hydrogens (tertiary/aromatic N) is 4. The summed E-state index contributed by atoms with van der Waals surface area (Å²) in [5.74, 6) is 5.99. The molecule has 0 saturated carbocycles. The van der Waals surface area contributed by atoms with Crippen LogP contribution in [-0.2, 0) is 4.74 Å². The standard InChI is InChI=1S/C11H21N7O2/c1-3-19-11-15-9(14-10(16-11)17-12)13-6-8-7-18(2)4-5-20-8/h8H,3-7,12H2,1-2H3,(H2,13,14,15,16,17). The Labute approximate surface area is 117 Å². The molecular weight excluding hydrogens is 262 g/mol. The maximum atomic E-state index is 5.66. The third-order valence-electron chi connectivity index (χ3n) is 2.85. The molecule has 0 radical (unpaired) electrons. The van der Waals surface area contributed by atoms with Crippen molar-refractivity contribution in [2.75, 3.05) is 50.6 Å². The smallest absolute Gasteiger partial charge is 0.323 e. The van der Waals surface area contributed by atoms with Crippen LogP contribution >= 0.6 is 0 Å². The SMILES string of the molecule is CCOc1nc(NN)nc(NCC2CN(C)CCO2)n1. The number of rotatable bonds is 6. The Bertz CT molecular complexity index is 431. The lowest BCUT2D eigenvalue weighted by molar-refractivity contribution is -0.0118. The molecule has 20 heavy (non-hydrogen) atoms. The average molecular weight is 283 g/mol. The van der Waals surface area contributed by atoms with E-state index in [1.54, 1.807) is 0 Å². The van der Waals surface area contributed by atoms with Crippen molar-refractivity contribution in [3.05, 3.63) is 0 Å². The van der Waals surface area contributed by atoms with E-state index in [0.29, 0.717) is 19.1 Å². The number of hydrogen-bond donors (Lipinski definition) is 3. The van der Waals surface area contributed by atoms with Crippen molar-refractivity contribution in [2.24, 2.45) is 5.84 Å². The van der Waals surface area contributed by atoms with Gasteiger partial charge in [0.25, 0.3) is 0 Å². The maximum absolute atomic E-state index is 5.66. The molecule has 0 amide bonds. The van der Waals surface area contributed by atoms with Gasteiger partial charge in [-0.2, -0.15) is 15.0 Å². The Morgan fingerprint density at radius 2 is 2.20 bits per heavy atom. The highest BCUT2D eigenvalue weighted by Gasteiger charge is 2.18. The zero-order valence-corrected chi connectivity index (χ0v) is 11.8. The van der Waals surface area contributed by atoms with Gasteiger partial charge in [-0.05, 0) is 14.0 Å². The molecular formula is C11H21N7O2. The number of nitrogens with one attached hydrogen (secondary N) is 2. The summed E-state index contributed by atoms with van der Waals surface area (Å²) >= 11 is 0. The first kappa shape index (κ1) is 14.7. The molecule has 0 aliphatic carbocycles. The van der Waals surface area contributed by atoms with Gasteiger partial charge in [0, 0.05) is 19.6 Å². The van der Waals surface area contributed by atoms with Crippen LogP contribution in [0, 0.1) is 0 Å². The summed E-state index contributed by atoms with van der Waals surface area (Å²) in [6.07, 6.45) is 0.107. The maximum Gasteiger partial charge on any atom is 0.323 e. The second-order valence-electron chi connectivity index (χ2n) is 4.48. The van der Waals surface area contributed by atoms with Crippen LogP contribution in [0.4, 0.5) is 11.9 Å². The lowest BCUT2D eigenvalue weighted by atomic mass is 10.3. The molecule has 1 fully saturated rings. The van der Waals surface area contributed by atoms with Crippen LogP contribution in [0.25, 0.3) is 0 Å². The molecule has 1 aromatic heterocycles. The number of aromatic nitrogens is 3. The van der Waals surface area contributed by atoms with Gasteiger partial charge in [-0.3, -0.25) is 5.43 Å². The van der Waals surface area contributed by atoms with Crippen molar-refractivity contribution in [3.63, 3.8) is 0 Å². The average Bonchev–Trinajstić information content (AvgIpc) is 2.45. The Morgan fingerprint density at radius 1 is 1.40 bits per heavy atom. The molecule has 1 aliphatic rings. The molecule has 2 heterocycles. The number of nitrogen functional groups attached to an aromatic ring is 1. The molecule has 2 rings (SSSR count). The number of hydrazine groups is 1.